The number of rotatable bonds is 8. The van der Waals surface area contributed by atoms with Crippen LogP contribution in [0.1, 0.15) is 11.1 Å². The van der Waals surface area contributed by atoms with Gasteiger partial charge in [0.2, 0.25) is 5.91 Å². The van der Waals surface area contributed by atoms with Crippen LogP contribution in [0, 0.1) is 10.1 Å². The smallest absolute Gasteiger partial charge is 0.277 e. The van der Waals surface area contributed by atoms with Gasteiger partial charge in [0.15, 0.2) is 11.5 Å². The molecule has 1 heterocycles. The van der Waals surface area contributed by atoms with E-state index in [0.717, 1.165) is 5.56 Å². The van der Waals surface area contributed by atoms with E-state index in [1.165, 1.54) is 12.1 Å². The second-order valence-corrected chi connectivity index (χ2v) is 6.46. The van der Waals surface area contributed by atoms with Gasteiger partial charge in [-0.3, -0.25) is 14.9 Å². The molecule has 3 rings (SSSR count). The molecule has 1 amide bonds. The van der Waals surface area contributed by atoms with Crippen LogP contribution in [0.4, 0.5) is 5.69 Å². The Kier molecular flexibility index (Phi) is 6.44. The van der Waals surface area contributed by atoms with Gasteiger partial charge in [-0.25, -0.2) is 0 Å². The zero-order valence-electron chi connectivity index (χ0n) is 15.5. The standard InChI is InChI=1S/C20H23N3O5/c21-7-9-22(8-6-15-4-2-1-3-5-15)20(24)13-16-12-18-19(28-11-10-27-18)14-17(16)23(25)26/h1-5,12,14H,6-11,13,21H2. The fraction of sp³-hybridized carbons (Fsp3) is 0.350. The summed E-state index contributed by atoms with van der Waals surface area (Å²) in [5.41, 5.74) is 6.94. The first-order valence-electron chi connectivity index (χ1n) is 9.17. The van der Waals surface area contributed by atoms with Crippen LogP contribution in [0.25, 0.3) is 0 Å². The Hall–Kier alpha value is -3.13. The highest BCUT2D eigenvalue weighted by Gasteiger charge is 2.25. The van der Waals surface area contributed by atoms with Crippen LogP contribution in [0.5, 0.6) is 11.5 Å². The van der Waals surface area contributed by atoms with Gasteiger partial charge in [0.05, 0.1) is 17.4 Å². The first-order chi connectivity index (χ1) is 13.6. The highest BCUT2D eigenvalue weighted by molar-refractivity contribution is 5.80. The molecule has 0 saturated carbocycles. The van der Waals surface area contributed by atoms with Gasteiger partial charge >= 0.3 is 0 Å². The molecule has 0 bridgehead atoms. The Labute approximate surface area is 163 Å². The molecule has 148 valence electrons. The minimum Gasteiger partial charge on any atom is -0.486 e. The monoisotopic (exact) mass is 385 g/mol. The number of hydrogen-bond acceptors (Lipinski definition) is 6. The molecule has 8 heteroatoms. The lowest BCUT2D eigenvalue weighted by Gasteiger charge is -2.23. The van der Waals surface area contributed by atoms with Crippen LogP contribution >= 0.6 is 0 Å². The summed E-state index contributed by atoms with van der Waals surface area (Å²) < 4.78 is 10.9. The minimum atomic E-state index is -0.502. The van der Waals surface area contributed by atoms with Crippen molar-refractivity contribution >= 4 is 11.6 Å². The van der Waals surface area contributed by atoms with E-state index in [9.17, 15) is 14.9 Å². The molecular formula is C20H23N3O5. The van der Waals surface area contributed by atoms with Crippen molar-refractivity contribution in [3.05, 3.63) is 63.7 Å². The third kappa shape index (κ3) is 4.77. The molecule has 28 heavy (non-hydrogen) atoms. The molecular weight excluding hydrogens is 362 g/mol. The van der Waals surface area contributed by atoms with E-state index in [4.69, 9.17) is 15.2 Å². The number of carbonyl (C=O) groups excluding carboxylic acids is 1. The van der Waals surface area contributed by atoms with E-state index in [0.29, 0.717) is 56.3 Å². The van der Waals surface area contributed by atoms with Crippen molar-refractivity contribution in [1.82, 2.24) is 4.90 Å². The summed E-state index contributed by atoms with van der Waals surface area (Å²) in [6.45, 7) is 1.92. The maximum Gasteiger partial charge on any atom is 0.277 e. The van der Waals surface area contributed by atoms with Crippen LogP contribution < -0.4 is 15.2 Å². The molecule has 0 saturated heterocycles. The van der Waals surface area contributed by atoms with E-state index >= 15 is 0 Å². The SMILES string of the molecule is NCCN(CCc1ccccc1)C(=O)Cc1cc2c(cc1[N+](=O)[O-])OCCO2. The Morgan fingerprint density at radius 2 is 1.79 bits per heavy atom. The number of fused-ring (bicyclic) bond motifs is 1. The van der Waals surface area contributed by atoms with Gasteiger partial charge in [-0.1, -0.05) is 30.3 Å². The molecule has 2 aromatic carbocycles. The lowest BCUT2D eigenvalue weighted by molar-refractivity contribution is -0.385. The minimum absolute atomic E-state index is 0.0955. The molecule has 0 aromatic heterocycles. The topological polar surface area (TPSA) is 108 Å². The summed E-state index contributed by atoms with van der Waals surface area (Å²) in [6.07, 6.45) is 0.595. The summed E-state index contributed by atoms with van der Waals surface area (Å²) in [5, 5.41) is 11.5. The molecule has 0 radical (unpaired) electrons. The first kappa shape index (κ1) is 19.6. The van der Waals surface area contributed by atoms with Gasteiger partial charge in [0.1, 0.15) is 13.2 Å². The van der Waals surface area contributed by atoms with E-state index in [1.807, 2.05) is 30.3 Å². The number of nitro benzene ring substituents is 1. The summed E-state index contributed by atoms with van der Waals surface area (Å²) in [7, 11) is 0. The highest BCUT2D eigenvalue weighted by Crippen LogP contribution is 2.36. The number of nitrogens with two attached hydrogens (primary N) is 1. The number of hydrogen-bond donors (Lipinski definition) is 1. The zero-order valence-corrected chi connectivity index (χ0v) is 15.5. The molecule has 2 aromatic rings. The van der Waals surface area contributed by atoms with Crippen LogP contribution in [-0.4, -0.2) is 48.6 Å². The van der Waals surface area contributed by atoms with Gasteiger partial charge < -0.3 is 20.1 Å². The van der Waals surface area contributed by atoms with Crippen LogP contribution in [0.2, 0.25) is 0 Å². The van der Waals surface area contributed by atoms with Gasteiger partial charge in [-0.05, 0) is 18.1 Å². The fourth-order valence-electron chi connectivity index (χ4n) is 3.13. The molecule has 1 aliphatic heterocycles. The van der Waals surface area contributed by atoms with Crippen molar-refractivity contribution in [3.8, 4) is 11.5 Å². The molecule has 0 unspecified atom stereocenters. The fourth-order valence-corrected chi connectivity index (χ4v) is 3.13. The van der Waals surface area contributed by atoms with Crippen LogP contribution in [0.15, 0.2) is 42.5 Å². The Morgan fingerprint density at radius 1 is 1.11 bits per heavy atom. The highest BCUT2D eigenvalue weighted by atomic mass is 16.6. The summed E-state index contributed by atoms with van der Waals surface area (Å²) in [5.74, 6) is 0.549. The molecule has 0 atom stereocenters. The number of amides is 1. The average molecular weight is 385 g/mol. The van der Waals surface area contributed by atoms with Crippen molar-refractivity contribution in [2.24, 2.45) is 5.73 Å². The van der Waals surface area contributed by atoms with E-state index in [1.54, 1.807) is 4.90 Å². The first-order valence-corrected chi connectivity index (χ1v) is 9.17. The largest absolute Gasteiger partial charge is 0.486 e. The second-order valence-electron chi connectivity index (χ2n) is 6.46. The van der Waals surface area contributed by atoms with Crippen LogP contribution in [-0.2, 0) is 17.6 Å². The van der Waals surface area contributed by atoms with Crippen LogP contribution in [0.3, 0.4) is 0 Å². The van der Waals surface area contributed by atoms with Gasteiger partial charge in [0, 0.05) is 25.2 Å². The maximum atomic E-state index is 12.8. The molecule has 2 N–H and O–H groups in total. The number of benzene rings is 2. The summed E-state index contributed by atoms with van der Waals surface area (Å²) in [4.78, 5) is 25.4. The normalized spacial score (nSPS) is 12.5. The van der Waals surface area contributed by atoms with Gasteiger partial charge in [-0.2, -0.15) is 0 Å². The third-order valence-corrected chi connectivity index (χ3v) is 4.55. The lowest BCUT2D eigenvalue weighted by Crippen LogP contribution is -2.38. The summed E-state index contributed by atoms with van der Waals surface area (Å²) >= 11 is 0. The molecule has 1 aliphatic rings. The van der Waals surface area contributed by atoms with Crippen molar-refractivity contribution in [1.29, 1.82) is 0 Å². The number of nitro groups is 1. The van der Waals surface area contributed by atoms with E-state index in [2.05, 4.69) is 0 Å². The predicted octanol–water partition coefficient (Wildman–Crippen LogP) is 1.94. The third-order valence-electron chi connectivity index (χ3n) is 4.55. The Balaban J connectivity index is 1.76. The molecule has 0 fully saturated rings. The van der Waals surface area contributed by atoms with E-state index < -0.39 is 4.92 Å². The Morgan fingerprint density at radius 3 is 2.43 bits per heavy atom. The lowest BCUT2D eigenvalue weighted by atomic mass is 10.1. The quantitative estimate of drug-likeness (QED) is 0.550. The van der Waals surface area contributed by atoms with Gasteiger partial charge in [0.25, 0.3) is 5.69 Å². The Bertz CT molecular complexity index is 841. The van der Waals surface area contributed by atoms with Crippen molar-refractivity contribution in [3.63, 3.8) is 0 Å². The average Bonchev–Trinajstić information content (AvgIpc) is 2.71. The second kappa shape index (κ2) is 9.18. The zero-order chi connectivity index (χ0) is 19.9. The van der Waals surface area contributed by atoms with Crippen molar-refractivity contribution in [2.45, 2.75) is 12.8 Å². The van der Waals surface area contributed by atoms with Gasteiger partial charge in [-0.15, -0.1) is 0 Å². The number of ether oxygens (including phenoxy) is 2. The van der Waals surface area contributed by atoms with Crippen molar-refractivity contribution in [2.75, 3.05) is 32.8 Å². The number of nitrogens with zero attached hydrogens (tertiary/aromatic N) is 2. The summed E-state index contributed by atoms with van der Waals surface area (Å²) in [6, 6.07) is 12.7. The molecule has 0 spiro atoms. The molecule has 0 aliphatic carbocycles. The van der Waals surface area contributed by atoms with Crippen molar-refractivity contribution < 1.29 is 19.2 Å². The number of carbonyl (C=O) groups is 1. The predicted molar refractivity (Wildman–Crippen MR) is 104 cm³/mol. The maximum absolute atomic E-state index is 12.8. The molecule has 8 nitrogen and oxygen atoms in total. The van der Waals surface area contributed by atoms with E-state index in [-0.39, 0.29) is 18.0 Å².